The Balaban J connectivity index is 2.48. The Morgan fingerprint density at radius 3 is 2.69 bits per heavy atom. The summed E-state index contributed by atoms with van der Waals surface area (Å²) in [6, 6.07) is 2.36. The van der Waals surface area contributed by atoms with Crippen LogP contribution in [0.2, 0.25) is 5.02 Å². The molecule has 1 atom stereocenters. The molecule has 7 nitrogen and oxygen atoms in total. The van der Waals surface area contributed by atoms with Crippen LogP contribution in [0.25, 0.3) is 0 Å². The van der Waals surface area contributed by atoms with Crippen molar-refractivity contribution in [3.05, 3.63) is 45.9 Å². The summed E-state index contributed by atoms with van der Waals surface area (Å²) in [6.45, 7) is 1.61. The number of nitrogens with one attached hydrogen (secondary N) is 1. The van der Waals surface area contributed by atoms with Crippen molar-refractivity contribution in [3.63, 3.8) is 0 Å². The number of carbonyl (C=O) groups is 3. The summed E-state index contributed by atoms with van der Waals surface area (Å²) in [5, 5.41) is 11.4. The molecule has 0 spiro atoms. The number of carboxylic acids is 1. The lowest BCUT2D eigenvalue weighted by atomic mass is 9.94. The van der Waals surface area contributed by atoms with E-state index >= 15 is 0 Å². The summed E-state index contributed by atoms with van der Waals surface area (Å²) in [4.78, 5) is 36.7. The third-order valence-corrected chi connectivity index (χ3v) is 4.39. The molecule has 2 rings (SSSR count). The van der Waals surface area contributed by atoms with E-state index in [0.717, 1.165) is 0 Å². The number of hydrogen-bond donors (Lipinski definition) is 2. The molecule has 0 aromatic heterocycles. The normalized spacial score (nSPS) is 17.2. The van der Waals surface area contributed by atoms with Crippen molar-refractivity contribution in [1.82, 2.24) is 10.2 Å². The zero-order valence-electron chi connectivity index (χ0n) is 14.2. The molecule has 26 heavy (non-hydrogen) atoms. The van der Waals surface area contributed by atoms with Gasteiger partial charge in [-0.3, -0.25) is 9.69 Å². The van der Waals surface area contributed by atoms with Gasteiger partial charge in [0, 0.05) is 29.2 Å². The van der Waals surface area contributed by atoms with Crippen LogP contribution in [0.3, 0.4) is 0 Å². The van der Waals surface area contributed by atoms with Gasteiger partial charge in [0.1, 0.15) is 5.82 Å². The first-order valence-electron chi connectivity index (χ1n) is 7.80. The largest absolute Gasteiger partial charge is 0.481 e. The van der Waals surface area contributed by atoms with Crippen molar-refractivity contribution in [3.8, 4) is 0 Å². The van der Waals surface area contributed by atoms with Gasteiger partial charge in [0.2, 0.25) is 0 Å². The summed E-state index contributed by atoms with van der Waals surface area (Å²) in [5.74, 6) is -2.40. The molecule has 2 N–H and O–H groups in total. The molecule has 0 saturated carbocycles. The molecule has 1 aromatic rings. The minimum atomic E-state index is -1.11. The number of aliphatic carboxylic acids is 1. The first-order chi connectivity index (χ1) is 12.3. The zero-order chi connectivity index (χ0) is 19.4. The first kappa shape index (κ1) is 19.7. The molecule has 9 heteroatoms. The number of carbonyl (C=O) groups excluding carboxylic acids is 2. The fourth-order valence-electron chi connectivity index (χ4n) is 2.82. The fraction of sp³-hybridized carbons (Fsp3) is 0.353. The van der Waals surface area contributed by atoms with Crippen LogP contribution in [0.1, 0.15) is 31.4 Å². The van der Waals surface area contributed by atoms with E-state index in [9.17, 15) is 18.8 Å². The molecule has 1 aliphatic rings. The molecular formula is C17H18ClFN2O5. The van der Waals surface area contributed by atoms with Crippen molar-refractivity contribution in [1.29, 1.82) is 0 Å². The highest BCUT2D eigenvalue weighted by Gasteiger charge is 2.38. The van der Waals surface area contributed by atoms with Crippen LogP contribution in [0.5, 0.6) is 0 Å². The number of methoxy groups -OCH3 is 1. The molecule has 1 aromatic carbocycles. The third kappa shape index (κ3) is 3.96. The summed E-state index contributed by atoms with van der Waals surface area (Å²) in [6.07, 6.45) is 0.0624. The van der Waals surface area contributed by atoms with Crippen molar-refractivity contribution in [2.75, 3.05) is 13.7 Å². The highest BCUT2D eigenvalue weighted by Crippen LogP contribution is 2.36. The summed E-state index contributed by atoms with van der Waals surface area (Å²) >= 11 is 6.08. The third-order valence-electron chi connectivity index (χ3n) is 4.06. The number of esters is 1. The summed E-state index contributed by atoms with van der Waals surface area (Å²) < 4.78 is 19.1. The minimum Gasteiger partial charge on any atom is -0.481 e. The highest BCUT2D eigenvalue weighted by molar-refractivity contribution is 6.31. The van der Waals surface area contributed by atoms with E-state index in [0.29, 0.717) is 0 Å². The van der Waals surface area contributed by atoms with Gasteiger partial charge in [-0.2, -0.15) is 0 Å². The maximum atomic E-state index is 14.3. The molecule has 1 aliphatic heterocycles. The Kier molecular flexibility index (Phi) is 6.20. The van der Waals surface area contributed by atoms with Gasteiger partial charge in [-0.1, -0.05) is 17.7 Å². The van der Waals surface area contributed by atoms with Crippen molar-refractivity contribution < 1.29 is 28.6 Å². The number of carboxylic acid groups (broad SMARTS) is 1. The Morgan fingerprint density at radius 1 is 1.42 bits per heavy atom. The van der Waals surface area contributed by atoms with Crippen LogP contribution in [0.4, 0.5) is 9.18 Å². The lowest BCUT2D eigenvalue weighted by molar-refractivity contribution is -0.138. The number of hydrogen-bond acceptors (Lipinski definition) is 4. The van der Waals surface area contributed by atoms with Crippen LogP contribution in [0.15, 0.2) is 29.5 Å². The number of amides is 2. The lowest BCUT2D eigenvalue weighted by Crippen LogP contribution is -2.48. The predicted molar refractivity (Wildman–Crippen MR) is 91.0 cm³/mol. The van der Waals surface area contributed by atoms with E-state index in [1.807, 2.05) is 0 Å². The average molecular weight is 385 g/mol. The molecule has 0 radical (unpaired) electrons. The number of allylic oxidation sites excluding steroid dienone is 1. The van der Waals surface area contributed by atoms with E-state index in [1.165, 1.54) is 37.1 Å². The molecule has 140 valence electrons. The molecule has 0 bridgehead atoms. The van der Waals surface area contributed by atoms with E-state index < -0.39 is 29.8 Å². The molecular weight excluding hydrogens is 367 g/mol. The van der Waals surface area contributed by atoms with Crippen LogP contribution in [-0.2, 0) is 14.3 Å². The topological polar surface area (TPSA) is 95.9 Å². The lowest BCUT2D eigenvalue weighted by Gasteiger charge is -2.35. The Labute approximate surface area is 154 Å². The van der Waals surface area contributed by atoms with Gasteiger partial charge >= 0.3 is 18.0 Å². The van der Waals surface area contributed by atoms with Gasteiger partial charge in [0.05, 0.1) is 18.7 Å². The zero-order valence-corrected chi connectivity index (χ0v) is 15.0. The highest BCUT2D eigenvalue weighted by atomic mass is 35.5. The van der Waals surface area contributed by atoms with E-state index in [2.05, 4.69) is 5.32 Å². The summed E-state index contributed by atoms with van der Waals surface area (Å²) in [5.41, 5.74) is 0.261. The van der Waals surface area contributed by atoms with Gasteiger partial charge in [-0.25, -0.2) is 14.0 Å². The quantitative estimate of drug-likeness (QED) is 0.735. The van der Waals surface area contributed by atoms with E-state index in [1.54, 1.807) is 0 Å². The predicted octanol–water partition coefficient (Wildman–Crippen LogP) is 2.86. The monoisotopic (exact) mass is 384 g/mol. The SMILES string of the molecule is COC(=O)C1=C(C)N(CCCC(=O)O)C(=O)N[C@H]1c1c(F)cccc1Cl. The Bertz CT molecular complexity index is 760. The molecule has 1 heterocycles. The second kappa shape index (κ2) is 8.18. The summed E-state index contributed by atoms with van der Waals surface area (Å²) in [7, 11) is 1.17. The number of ether oxygens (including phenoxy) is 1. The Morgan fingerprint density at radius 2 is 2.12 bits per heavy atom. The van der Waals surface area contributed by atoms with Crippen LogP contribution in [0, 0.1) is 5.82 Å². The number of rotatable bonds is 6. The standard InChI is InChI=1S/C17H18ClFN2O5/c1-9-13(16(24)26-2)15(14-10(18)5-3-6-11(14)19)20-17(25)21(9)8-4-7-12(22)23/h3,5-6,15H,4,7-8H2,1-2H3,(H,20,25)(H,22,23)/t15-/m1/s1. The Hall–Kier alpha value is -2.61. The van der Waals surface area contributed by atoms with E-state index in [-0.39, 0.29) is 41.2 Å². The first-order valence-corrected chi connectivity index (χ1v) is 8.18. The van der Waals surface area contributed by atoms with Gasteiger partial charge in [0.25, 0.3) is 0 Å². The van der Waals surface area contributed by atoms with Gasteiger partial charge in [0.15, 0.2) is 0 Å². The van der Waals surface area contributed by atoms with Gasteiger partial charge in [-0.05, 0) is 25.5 Å². The number of urea groups is 1. The van der Waals surface area contributed by atoms with Crippen LogP contribution >= 0.6 is 11.6 Å². The number of nitrogens with zero attached hydrogens (tertiary/aromatic N) is 1. The minimum absolute atomic E-state index is 0.0348. The molecule has 0 aliphatic carbocycles. The number of benzene rings is 1. The van der Waals surface area contributed by atoms with Gasteiger partial charge in [-0.15, -0.1) is 0 Å². The maximum absolute atomic E-state index is 14.3. The van der Waals surface area contributed by atoms with Gasteiger partial charge < -0.3 is 15.2 Å². The van der Waals surface area contributed by atoms with Crippen molar-refractivity contribution in [2.45, 2.75) is 25.8 Å². The maximum Gasteiger partial charge on any atom is 0.337 e. The van der Waals surface area contributed by atoms with Crippen LogP contribution in [-0.4, -0.2) is 41.6 Å². The average Bonchev–Trinajstić information content (AvgIpc) is 2.56. The van der Waals surface area contributed by atoms with Crippen LogP contribution < -0.4 is 5.32 Å². The molecule has 0 fully saturated rings. The fourth-order valence-corrected chi connectivity index (χ4v) is 3.09. The second-order valence-corrected chi connectivity index (χ2v) is 6.06. The molecule has 0 unspecified atom stereocenters. The van der Waals surface area contributed by atoms with Crippen molar-refractivity contribution >= 4 is 29.6 Å². The van der Waals surface area contributed by atoms with Crippen molar-refractivity contribution in [2.24, 2.45) is 0 Å². The number of halogens is 2. The smallest absolute Gasteiger partial charge is 0.337 e. The molecule has 0 saturated heterocycles. The molecule has 2 amide bonds. The van der Waals surface area contributed by atoms with E-state index in [4.69, 9.17) is 21.4 Å². The second-order valence-electron chi connectivity index (χ2n) is 5.66.